The fourth-order valence-corrected chi connectivity index (χ4v) is 3.87. The summed E-state index contributed by atoms with van der Waals surface area (Å²) in [6, 6.07) is 17.7. The first-order chi connectivity index (χ1) is 14.8. The molecule has 0 heterocycles. The Balaban J connectivity index is 1.62. The van der Waals surface area contributed by atoms with Gasteiger partial charge in [-0.1, -0.05) is 41.4 Å². The molecule has 3 rings (SSSR count). The van der Waals surface area contributed by atoms with Gasteiger partial charge in [-0.25, -0.2) is 4.79 Å². The van der Waals surface area contributed by atoms with Crippen LogP contribution in [0.2, 0.25) is 10.0 Å². The van der Waals surface area contributed by atoms with Crippen molar-refractivity contribution in [2.24, 2.45) is 0 Å². The Bertz CT molecular complexity index is 1150. The Labute approximate surface area is 192 Å². The van der Waals surface area contributed by atoms with Crippen molar-refractivity contribution in [1.82, 2.24) is 0 Å². The van der Waals surface area contributed by atoms with E-state index in [2.05, 4.69) is 10.6 Å². The molecule has 0 aliphatic carbocycles. The first-order valence-electron chi connectivity index (χ1n) is 8.95. The number of thioether (sulfide) groups is 1. The number of hydrogen-bond donors (Lipinski definition) is 3. The maximum absolute atomic E-state index is 12.5. The van der Waals surface area contributed by atoms with Crippen LogP contribution in [0.3, 0.4) is 0 Å². The molecule has 3 aromatic carbocycles. The Hall–Kier alpha value is -3.00. The molecule has 0 aliphatic rings. The van der Waals surface area contributed by atoms with Crippen LogP contribution < -0.4 is 10.6 Å². The maximum Gasteiger partial charge on any atom is 0.336 e. The number of nitrogens with one attached hydrogen (secondary N) is 2. The van der Waals surface area contributed by atoms with Gasteiger partial charge >= 0.3 is 5.97 Å². The van der Waals surface area contributed by atoms with Gasteiger partial charge in [0.15, 0.2) is 0 Å². The fourth-order valence-electron chi connectivity index (χ4n) is 2.66. The molecule has 0 spiro atoms. The zero-order valence-electron chi connectivity index (χ0n) is 15.9. The SMILES string of the molecule is O=C(CSc1cccc(NC(=O)c2ccccc2C(=O)O)c1)Nc1ccc(Cl)cc1Cl. The van der Waals surface area contributed by atoms with Crippen LogP contribution in [0.15, 0.2) is 71.6 Å². The van der Waals surface area contributed by atoms with Gasteiger partial charge < -0.3 is 15.7 Å². The number of carbonyl (C=O) groups is 3. The van der Waals surface area contributed by atoms with E-state index < -0.39 is 11.9 Å². The number of halogens is 2. The second-order valence-corrected chi connectivity index (χ2v) is 8.19. The topological polar surface area (TPSA) is 95.5 Å². The average molecular weight is 475 g/mol. The lowest BCUT2D eigenvalue weighted by molar-refractivity contribution is -0.113. The standard InChI is InChI=1S/C22H16Cl2N2O4S/c23-13-8-9-19(18(24)10-13)26-20(27)12-31-15-5-3-4-14(11-15)25-21(28)16-6-1-2-7-17(16)22(29)30/h1-11H,12H2,(H,25,28)(H,26,27)(H,29,30). The van der Waals surface area contributed by atoms with Gasteiger partial charge in [0.05, 0.1) is 27.6 Å². The second-order valence-electron chi connectivity index (χ2n) is 6.29. The number of benzene rings is 3. The van der Waals surface area contributed by atoms with E-state index in [-0.39, 0.29) is 22.8 Å². The number of carboxylic acids is 1. The molecule has 0 aromatic heterocycles. The Kier molecular flexibility index (Phi) is 7.57. The van der Waals surface area contributed by atoms with Gasteiger partial charge in [0.2, 0.25) is 5.91 Å². The lowest BCUT2D eigenvalue weighted by Crippen LogP contribution is -2.16. The van der Waals surface area contributed by atoms with E-state index in [0.29, 0.717) is 21.4 Å². The molecule has 6 nitrogen and oxygen atoms in total. The van der Waals surface area contributed by atoms with Crippen molar-refractivity contribution in [1.29, 1.82) is 0 Å². The van der Waals surface area contributed by atoms with Crippen LogP contribution in [-0.2, 0) is 4.79 Å². The van der Waals surface area contributed by atoms with Crippen molar-refractivity contribution in [2.75, 3.05) is 16.4 Å². The summed E-state index contributed by atoms with van der Waals surface area (Å²) in [6.45, 7) is 0. The van der Waals surface area contributed by atoms with Crippen molar-refractivity contribution >= 4 is 64.1 Å². The van der Waals surface area contributed by atoms with Gasteiger partial charge in [-0.15, -0.1) is 11.8 Å². The quantitative estimate of drug-likeness (QED) is 0.383. The van der Waals surface area contributed by atoms with Gasteiger partial charge in [-0.3, -0.25) is 9.59 Å². The Morgan fingerprint density at radius 2 is 1.61 bits per heavy atom. The summed E-state index contributed by atoms with van der Waals surface area (Å²) in [5.74, 6) is -1.84. The Morgan fingerprint density at radius 1 is 0.871 bits per heavy atom. The molecular weight excluding hydrogens is 459 g/mol. The van der Waals surface area contributed by atoms with Crippen LogP contribution >= 0.6 is 35.0 Å². The van der Waals surface area contributed by atoms with Gasteiger partial charge in [0.25, 0.3) is 5.91 Å². The number of rotatable bonds is 7. The summed E-state index contributed by atoms with van der Waals surface area (Å²) in [5, 5.41) is 15.5. The normalized spacial score (nSPS) is 10.4. The van der Waals surface area contributed by atoms with E-state index in [1.807, 2.05) is 0 Å². The highest BCUT2D eigenvalue weighted by atomic mass is 35.5. The molecule has 158 valence electrons. The van der Waals surface area contributed by atoms with Crippen molar-refractivity contribution < 1.29 is 19.5 Å². The molecule has 0 radical (unpaired) electrons. The summed E-state index contributed by atoms with van der Waals surface area (Å²) >= 11 is 13.2. The van der Waals surface area contributed by atoms with E-state index in [9.17, 15) is 19.5 Å². The second kappa shape index (κ2) is 10.3. The molecule has 0 bridgehead atoms. The van der Waals surface area contributed by atoms with E-state index in [0.717, 1.165) is 4.90 Å². The molecule has 0 saturated carbocycles. The molecule has 0 aliphatic heterocycles. The first-order valence-corrected chi connectivity index (χ1v) is 10.7. The van der Waals surface area contributed by atoms with Crippen LogP contribution in [0.5, 0.6) is 0 Å². The molecule has 9 heteroatoms. The lowest BCUT2D eigenvalue weighted by Gasteiger charge is -2.10. The molecule has 0 fully saturated rings. The van der Waals surface area contributed by atoms with Gasteiger partial charge in [0, 0.05) is 15.6 Å². The lowest BCUT2D eigenvalue weighted by atomic mass is 10.1. The van der Waals surface area contributed by atoms with Gasteiger partial charge in [-0.2, -0.15) is 0 Å². The highest BCUT2D eigenvalue weighted by Gasteiger charge is 2.16. The van der Waals surface area contributed by atoms with Crippen molar-refractivity contribution in [3.63, 3.8) is 0 Å². The number of hydrogen-bond acceptors (Lipinski definition) is 4. The molecule has 0 saturated heterocycles. The zero-order chi connectivity index (χ0) is 22.4. The van der Waals surface area contributed by atoms with Crippen LogP contribution in [0.25, 0.3) is 0 Å². The number of amides is 2. The van der Waals surface area contributed by atoms with Crippen LogP contribution in [-0.4, -0.2) is 28.6 Å². The largest absolute Gasteiger partial charge is 0.478 e. The maximum atomic E-state index is 12.5. The minimum atomic E-state index is -1.18. The minimum Gasteiger partial charge on any atom is -0.478 e. The highest BCUT2D eigenvalue weighted by Crippen LogP contribution is 2.27. The smallest absolute Gasteiger partial charge is 0.336 e. The fraction of sp³-hybridized carbons (Fsp3) is 0.0455. The van der Waals surface area contributed by atoms with E-state index in [4.69, 9.17) is 23.2 Å². The summed E-state index contributed by atoms with van der Waals surface area (Å²) in [6.07, 6.45) is 0. The third-order valence-electron chi connectivity index (χ3n) is 4.07. The predicted molar refractivity (Wildman–Crippen MR) is 124 cm³/mol. The highest BCUT2D eigenvalue weighted by molar-refractivity contribution is 8.00. The number of carbonyl (C=O) groups excluding carboxylic acids is 2. The molecular formula is C22H16Cl2N2O4S. The van der Waals surface area contributed by atoms with E-state index in [1.54, 1.807) is 54.6 Å². The monoisotopic (exact) mass is 474 g/mol. The molecule has 0 atom stereocenters. The third kappa shape index (κ3) is 6.24. The van der Waals surface area contributed by atoms with Gasteiger partial charge in [-0.05, 0) is 48.5 Å². The van der Waals surface area contributed by atoms with Crippen LogP contribution in [0.1, 0.15) is 20.7 Å². The molecule has 3 N–H and O–H groups in total. The first kappa shape index (κ1) is 22.7. The third-order valence-corrected chi connectivity index (χ3v) is 5.61. The van der Waals surface area contributed by atoms with Crippen molar-refractivity contribution in [3.05, 3.63) is 87.9 Å². The summed E-state index contributed by atoms with van der Waals surface area (Å²) in [4.78, 5) is 36.8. The molecule has 2 amide bonds. The molecule has 3 aromatic rings. The van der Waals surface area contributed by atoms with E-state index in [1.165, 1.54) is 23.9 Å². The summed E-state index contributed by atoms with van der Waals surface area (Å²) in [7, 11) is 0. The molecule has 31 heavy (non-hydrogen) atoms. The van der Waals surface area contributed by atoms with Crippen molar-refractivity contribution in [3.8, 4) is 0 Å². The predicted octanol–water partition coefficient (Wildman–Crippen LogP) is 5.67. The van der Waals surface area contributed by atoms with Gasteiger partial charge in [0.1, 0.15) is 0 Å². The summed E-state index contributed by atoms with van der Waals surface area (Å²) < 4.78 is 0. The van der Waals surface area contributed by atoms with Crippen LogP contribution in [0.4, 0.5) is 11.4 Å². The Morgan fingerprint density at radius 3 is 2.32 bits per heavy atom. The summed E-state index contributed by atoms with van der Waals surface area (Å²) in [5.41, 5.74) is 0.932. The number of carboxylic acid groups (broad SMARTS) is 1. The average Bonchev–Trinajstić information content (AvgIpc) is 2.74. The van der Waals surface area contributed by atoms with E-state index >= 15 is 0 Å². The molecule has 0 unspecified atom stereocenters. The minimum absolute atomic E-state index is 0.0623. The van der Waals surface area contributed by atoms with Crippen molar-refractivity contribution in [2.45, 2.75) is 4.90 Å². The number of anilines is 2. The zero-order valence-corrected chi connectivity index (χ0v) is 18.2. The van der Waals surface area contributed by atoms with Crippen LogP contribution in [0, 0.1) is 0 Å². The number of aromatic carboxylic acids is 1.